The van der Waals surface area contributed by atoms with Crippen LogP contribution >= 0.6 is 11.6 Å². The zero-order chi connectivity index (χ0) is 19.9. The zero-order valence-corrected chi connectivity index (χ0v) is 16.0. The molecule has 3 aromatic rings. The molecule has 0 aliphatic carbocycles. The molecule has 0 fully saturated rings. The highest BCUT2D eigenvalue weighted by Crippen LogP contribution is 2.40. The smallest absolute Gasteiger partial charge is 0.370 e. The van der Waals surface area contributed by atoms with E-state index < -0.39 is 11.7 Å². The number of benzene rings is 2. The van der Waals surface area contributed by atoms with Crippen LogP contribution in [0.15, 0.2) is 42.5 Å². The van der Waals surface area contributed by atoms with Crippen molar-refractivity contribution in [3.05, 3.63) is 64.2 Å². The van der Waals surface area contributed by atoms with Crippen LogP contribution in [0.25, 0.3) is 16.9 Å². The number of alkyl halides is 3. The largest absolute Gasteiger partial charge is 0.416 e. The fourth-order valence-electron chi connectivity index (χ4n) is 3.55. The third-order valence-electron chi connectivity index (χ3n) is 4.92. The summed E-state index contributed by atoms with van der Waals surface area (Å²) in [5, 5.41) is 8.36. The number of aromatic nitrogens is 2. The molecule has 0 radical (unpaired) electrons. The van der Waals surface area contributed by atoms with E-state index >= 15 is 0 Å². The molecule has 1 aliphatic heterocycles. The molecule has 4 rings (SSSR count). The lowest BCUT2D eigenvalue weighted by Crippen LogP contribution is -2.07. The minimum atomic E-state index is -4.44. The van der Waals surface area contributed by atoms with Crippen LogP contribution in [0.3, 0.4) is 0 Å². The van der Waals surface area contributed by atoms with Crippen molar-refractivity contribution >= 4 is 17.4 Å². The molecule has 1 aromatic heterocycles. The summed E-state index contributed by atoms with van der Waals surface area (Å²) in [7, 11) is 0. The van der Waals surface area contributed by atoms with Crippen molar-refractivity contribution in [2.45, 2.75) is 32.4 Å². The summed E-state index contributed by atoms with van der Waals surface area (Å²) in [6.07, 6.45) is -1.79. The van der Waals surface area contributed by atoms with Gasteiger partial charge in [0.15, 0.2) is 0 Å². The number of fused-ring (bicyclic) bond motifs is 1. The molecule has 0 bridgehead atoms. The fraction of sp³-hybridized carbons (Fsp3) is 0.286. The minimum absolute atomic E-state index is 0.258. The van der Waals surface area contributed by atoms with Crippen molar-refractivity contribution in [2.24, 2.45) is 0 Å². The normalized spacial score (nSPS) is 14.3. The van der Waals surface area contributed by atoms with E-state index in [1.807, 2.05) is 31.2 Å². The number of anilines is 1. The molecule has 3 nitrogen and oxygen atoms in total. The van der Waals surface area contributed by atoms with Crippen LogP contribution in [0.5, 0.6) is 0 Å². The Morgan fingerprint density at radius 1 is 1.11 bits per heavy atom. The number of nitrogens with zero attached hydrogens (tertiary/aromatic N) is 2. The Morgan fingerprint density at radius 2 is 1.93 bits per heavy atom. The molecule has 7 heteroatoms. The zero-order valence-electron chi connectivity index (χ0n) is 15.3. The van der Waals surface area contributed by atoms with Crippen molar-refractivity contribution in [1.82, 2.24) is 9.78 Å². The third kappa shape index (κ3) is 3.49. The highest BCUT2D eigenvalue weighted by molar-refractivity contribution is 6.33. The van der Waals surface area contributed by atoms with Crippen molar-refractivity contribution in [2.75, 3.05) is 11.9 Å². The quantitative estimate of drug-likeness (QED) is 0.544. The summed E-state index contributed by atoms with van der Waals surface area (Å²) in [5.74, 6) is 0.826. The van der Waals surface area contributed by atoms with Crippen LogP contribution in [0, 0.1) is 6.92 Å². The van der Waals surface area contributed by atoms with Crippen molar-refractivity contribution < 1.29 is 13.2 Å². The van der Waals surface area contributed by atoms with Crippen LogP contribution < -0.4 is 5.32 Å². The van der Waals surface area contributed by atoms with Crippen LogP contribution in [-0.2, 0) is 12.6 Å². The van der Waals surface area contributed by atoms with Gasteiger partial charge in [0.1, 0.15) is 5.82 Å². The lowest BCUT2D eigenvalue weighted by Gasteiger charge is -2.10. The van der Waals surface area contributed by atoms with Crippen LogP contribution in [-0.4, -0.2) is 16.3 Å². The van der Waals surface area contributed by atoms with Crippen LogP contribution in [0.1, 0.15) is 29.5 Å². The average Bonchev–Trinajstić information content (AvgIpc) is 2.82. The molecule has 0 saturated carbocycles. The molecule has 0 atom stereocenters. The van der Waals surface area contributed by atoms with Crippen molar-refractivity contribution in [1.29, 1.82) is 0 Å². The van der Waals surface area contributed by atoms with E-state index in [4.69, 9.17) is 16.7 Å². The van der Waals surface area contributed by atoms with Crippen molar-refractivity contribution in [3.8, 4) is 16.9 Å². The summed E-state index contributed by atoms with van der Waals surface area (Å²) in [5.41, 5.74) is 2.92. The molecule has 28 heavy (non-hydrogen) atoms. The van der Waals surface area contributed by atoms with Gasteiger partial charge in [-0.15, -0.1) is 0 Å². The number of aryl methyl sites for hydroxylation is 1. The molecule has 2 aromatic carbocycles. The highest BCUT2D eigenvalue weighted by atomic mass is 35.5. The van der Waals surface area contributed by atoms with Gasteiger partial charge < -0.3 is 5.32 Å². The summed E-state index contributed by atoms with van der Waals surface area (Å²) in [6.45, 7) is 2.78. The first-order valence-electron chi connectivity index (χ1n) is 9.14. The van der Waals surface area contributed by atoms with E-state index in [1.54, 1.807) is 4.68 Å². The molecule has 1 N–H and O–H groups in total. The average molecular weight is 406 g/mol. The van der Waals surface area contributed by atoms with Gasteiger partial charge in [-0.1, -0.05) is 23.7 Å². The van der Waals surface area contributed by atoms with Crippen LogP contribution in [0.2, 0.25) is 5.02 Å². The van der Waals surface area contributed by atoms with E-state index in [1.165, 1.54) is 6.07 Å². The number of hydrogen-bond donors (Lipinski definition) is 1. The van der Waals surface area contributed by atoms with E-state index in [0.29, 0.717) is 11.3 Å². The Balaban J connectivity index is 1.94. The maximum atomic E-state index is 13.3. The molecule has 0 spiro atoms. The molecule has 1 aliphatic rings. The summed E-state index contributed by atoms with van der Waals surface area (Å²) < 4.78 is 41.5. The maximum Gasteiger partial charge on any atom is 0.416 e. The SMILES string of the molecule is Cc1cccc(-n2nc(-c3cc(C(F)(F)F)ccc3Cl)c3c2NCCCC3)c1. The number of halogens is 4. The minimum Gasteiger partial charge on any atom is -0.370 e. The van der Waals surface area contributed by atoms with Gasteiger partial charge in [0.2, 0.25) is 0 Å². The van der Waals surface area contributed by atoms with Crippen molar-refractivity contribution in [3.63, 3.8) is 0 Å². The summed E-state index contributed by atoms with van der Waals surface area (Å²) in [4.78, 5) is 0. The molecular weight excluding hydrogens is 387 g/mol. The third-order valence-corrected chi connectivity index (χ3v) is 5.25. The second-order valence-electron chi connectivity index (χ2n) is 7.00. The Labute approximate surface area is 166 Å². The first-order chi connectivity index (χ1) is 13.3. The first-order valence-corrected chi connectivity index (χ1v) is 9.52. The van der Waals surface area contributed by atoms with E-state index in [9.17, 15) is 13.2 Å². The number of rotatable bonds is 2. The monoisotopic (exact) mass is 405 g/mol. The summed E-state index contributed by atoms with van der Waals surface area (Å²) >= 11 is 6.31. The Kier molecular flexibility index (Phi) is 4.83. The first kappa shape index (κ1) is 18.9. The molecule has 146 valence electrons. The standard InChI is InChI=1S/C21H19ClF3N3/c1-13-5-4-6-15(11-13)28-20-16(7-2-3-10-26-20)19(27-28)17-12-14(21(23,24)25)8-9-18(17)22/h4-6,8-9,11-12,26H,2-3,7,10H2,1H3. The molecule has 0 unspecified atom stereocenters. The lowest BCUT2D eigenvalue weighted by molar-refractivity contribution is -0.137. The van der Waals surface area contributed by atoms with Gasteiger partial charge in [0.05, 0.1) is 22.0 Å². The molecule has 2 heterocycles. The number of nitrogens with one attached hydrogen (secondary N) is 1. The van der Waals surface area contributed by atoms with Gasteiger partial charge in [-0.25, -0.2) is 4.68 Å². The second kappa shape index (κ2) is 7.17. The molecular formula is C21H19ClF3N3. The number of hydrogen-bond acceptors (Lipinski definition) is 2. The predicted molar refractivity (Wildman–Crippen MR) is 105 cm³/mol. The van der Waals surface area contributed by atoms with Gasteiger partial charge in [0, 0.05) is 17.7 Å². The maximum absolute atomic E-state index is 13.3. The topological polar surface area (TPSA) is 29.9 Å². The van der Waals surface area contributed by atoms with E-state index in [0.717, 1.165) is 60.6 Å². The Morgan fingerprint density at radius 3 is 2.68 bits per heavy atom. The van der Waals surface area contributed by atoms with Gasteiger partial charge >= 0.3 is 6.18 Å². The van der Waals surface area contributed by atoms with Gasteiger partial charge in [0.25, 0.3) is 0 Å². The lowest BCUT2D eigenvalue weighted by atomic mass is 10.0. The van der Waals surface area contributed by atoms with Gasteiger partial charge in [-0.2, -0.15) is 18.3 Å². The highest BCUT2D eigenvalue weighted by Gasteiger charge is 2.32. The second-order valence-corrected chi connectivity index (χ2v) is 7.41. The van der Waals surface area contributed by atoms with Gasteiger partial charge in [-0.3, -0.25) is 0 Å². The summed E-state index contributed by atoms with van der Waals surface area (Å²) in [6, 6.07) is 11.2. The Hall–Kier alpha value is -2.47. The van der Waals surface area contributed by atoms with Crippen LogP contribution in [0.4, 0.5) is 19.0 Å². The Bertz CT molecular complexity index is 1020. The predicted octanol–water partition coefficient (Wildman–Crippen LogP) is 6.27. The van der Waals surface area contributed by atoms with E-state index in [2.05, 4.69) is 5.32 Å². The van der Waals surface area contributed by atoms with Gasteiger partial charge in [-0.05, 0) is 62.1 Å². The molecule has 0 amide bonds. The molecule has 0 saturated heterocycles. The fourth-order valence-corrected chi connectivity index (χ4v) is 3.76. The van der Waals surface area contributed by atoms with E-state index in [-0.39, 0.29) is 5.02 Å².